The molecule has 0 fully saturated rings. The molecular weight excluding hydrogens is 400 g/mol. The fourth-order valence-corrected chi connectivity index (χ4v) is 4.12. The number of rotatable bonds is 7. The van der Waals surface area contributed by atoms with Gasteiger partial charge in [0, 0.05) is 12.6 Å². The minimum atomic E-state index is -3.62. The van der Waals surface area contributed by atoms with Crippen LogP contribution in [0, 0.1) is 0 Å². The third-order valence-corrected chi connectivity index (χ3v) is 6.38. The van der Waals surface area contributed by atoms with Crippen LogP contribution >= 0.6 is 0 Å². The Bertz CT molecular complexity index is 1210. The van der Waals surface area contributed by atoms with Gasteiger partial charge in [-0.2, -0.15) is 0 Å². The van der Waals surface area contributed by atoms with Crippen LogP contribution in [0.5, 0.6) is 5.75 Å². The second-order valence-corrected chi connectivity index (χ2v) is 8.52. The van der Waals surface area contributed by atoms with E-state index in [0.29, 0.717) is 23.1 Å². The average molecular weight is 420 g/mol. The Morgan fingerprint density at radius 1 is 0.900 bits per heavy atom. The molecule has 0 atom stereocenters. The van der Waals surface area contributed by atoms with Crippen molar-refractivity contribution in [1.82, 2.24) is 4.98 Å². The summed E-state index contributed by atoms with van der Waals surface area (Å²) in [5.74, 6) is 1.72. The molecule has 1 aromatic heterocycles. The van der Waals surface area contributed by atoms with E-state index in [1.807, 2.05) is 30.3 Å². The number of benzene rings is 3. The van der Waals surface area contributed by atoms with Gasteiger partial charge in [-0.05, 0) is 36.4 Å². The maximum atomic E-state index is 12.7. The van der Waals surface area contributed by atoms with E-state index in [0.717, 1.165) is 5.56 Å². The normalized spacial score (nSPS) is 11.2. The van der Waals surface area contributed by atoms with Crippen LogP contribution in [0.2, 0.25) is 0 Å². The molecular formula is C23H20N2O4S. The molecule has 0 amide bonds. The Labute approximate surface area is 175 Å². The molecule has 0 saturated carbocycles. The van der Waals surface area contributed by atoms with Crippen molar-refractivity contribution >= 4 is 15.7 Å². The summed E-state index contributed by atoms with van der Waals surface area (Å²) in [6.07, 6.45) is 1.67. The summed E-state index contributed by atoms with van der Waals surface area (Å²) < 4.78 is 38.1. The summed E-state index contributed by atoms with van der Waals surface area (Å²) >= 11 is 0. The zero-order chi connectivity index (χ0) is 21.0. The molecule has 0 N–H and O–H groups in total. The predicted octanol–water partition coefficient (Wildman–Crippen LogP) is 4.75. The third-order valence-electron chi connectivity index (χ3n) is 4.58. The smallest absolute Gasteiger partial charge is 0.264 e. The largest absolute Gasteiger partial charge is 0.484 e. The summed E-state index contributed by atoms with van der Waals surface area (Å²) in [5.41, 5.74) is 1.48. The monoisotopic (exact) mass is 420 g/mol. The van der Waals surface area contributed by atoms with Crippen molar-refractivity contribution in [2.75, 3.05) is 11.4 Å². The number of anilines is 1. The molecule has 0 aliphatic heterocycles. The van der Waals surface area contributed by atoms with E-state index >= 15 is 0 Å². The fourth-order valence-electron chi connectivity index (χ4n) is 2.90. The Morgan fingerprint density at radius 2 is 1.53 bits per heavy atom. The zero-order valence-corrected chi connectivity index (χ0v) is 17.1. The van der Waals surface area contributed by atoms with Gasteiger partial charge in [0.05, 0.1) is 16.8 Å². The molecule has 4 aromatic rings. The van der Waals surface area contributed by atoms with Gasteiger partial charge in [-0.15, -0.1) is 0 Å². The lowest BCUT2D eigenvalue weighted by atomic mass is 10.2. The summed E-state index contributed by atoms with van der Waals surface area (Å²) in [4.78, 5) is 4.48. The topological polar surface area (TPSA) is 72.6 Å². The highest BCUT2D eigenvalue weighted by Crippen LogP contribution is 2.25. The van der Waals surface area contributed by atoms with Crippen LogP contribution in [0.25, 0.3) is 11.3 Å². The second kappa shape index (κ2) is 8.42. The second-order valence-electron chi connectivity index (χ2n) is 6.55. The molecule has 0 bridgehead atoms. The van der Waals surface area contributed by atoms with Gasteiger partial charge in [0.15, 0.2) is 12.4 Å². The molecule has 0 spiro atoms. The molecule has 1 heterocycles. The van der Waals surface area contributed by atoms with Gasteiger partial charge in [0.1, 0.15) is 5.75 Å². The van der Waals surface area contributed by atoms with Crippen molar-refractivity contribution in [2.45, 2.75) is 11.5 Å². The average Bonchev–Trinajstić information content (AvgIpc) is 3.28. The molecule has 0 unspecified atom stereocenters. The number of hydrogen-bond acceptors (Lipinski definition) is 5. The molecule has 152 valence electrons. The molecule has 3 aromatic carbocycles. The first-order chi connectivity index (χ1) is 14.5. The predicted molar refractivity (Wildman–Crippen MR) is 115 cm³/mol. The van der Waals surface area contributed by atoms with Crippen LogP contribution in [-0.4, -0.2) is 20.4 Å². The molecule has 0 aliphatic carbocycles. The number of hydrogen-bond donors (Lipinski definition) is 0. The van der Waals surface area contributed by atoms with Crippen LogP contribution in [0.3, 0.4) is 0 Å². The molecule has 0 saturated heterocycles. The minimum Gasteiger partial charge on any atom is -0.484 e. The summed E-state index contributed by atoms with van der Waals surface area (Å²) in [6, 6.07) is 24.9. The fraction of sp³-hybridized carbons (Fsp3) is 0.0870. The Balaban J connectivity index is 1.41. The van der Waals surface area contributed by atoms with E-state index in [9.17, 15) is 8.42 Å². The van der Waals surface area contributed by atoms with E-state index in [4.69, 9.17) is 9.15 Å². The van der Waals surface area contributed by atoms with Crippen molar-refractivity contribution < 1.29 is 17.6 Å². The lowest BCUT2D eigenvalue weighted by Crippen LogP contribution is -2.26. The lowest BCUT2D eigenvalue weighted by molar-refractivity contribution is 0.264. The van der Waals surface area contributed by atoms with Crippen molar-refractivity contribution in [1.29, 1.82) is 0 Å². The number of oxazole rings is 1. The van der Waals surface area contributed by atoms with Gasteiger partial charge < -0.3 is 9.15 Å². The Morgan fingerprint density at radius 3 is 2.20 bits per heavy atom. The van der Waals surface area contributed by atoms with Crippen LogP contribution in [-0.2, 0) is 16.6 Å². The highest BCUT2D eigenvalue weighted by atomic mass is 32.2. The summed E-state index contributed by atoms with van der Waals surface area (Å²) in [7, 11) is -2.09. The van der Waals surface area contributed by atoms with E-state index in [1.54, 1.807) is 60.8 Å². The van der Waals surface area contributed by atoms with Crippen molar-refractivity contribution in [3.63, 3.8) is 0 Å². The molecule has 0 aliphatic rings. The number of aromatic nitrogens is 1. The van der Waals surface area contributed by atoms with Gasteiger partial charge in [0.25, 0.3) is 10.0 Å². The van der Waals surface area contributed by atoms with Crippen molar-refractivity contribution in [3.05, 3.63) is 97.0 Å². The first-order valence-electron chi connectivity index (χ1n) is 9.31. The lowest BCUT2D eigenvalue weighted by Gasteiger charge is -2.19. The van der Waals surface area contributed by atoms with Crippen molar-refractivity contribution in [3.8, 4) is 17.1 Å². The Hall–Kier alpha value is -3.58. The quantitative estimate of drug-likeness (QED) is 0.432. The van der Waals surface area contributed by atoms with Crippen LogP contribution in [0.15, 0.2) is 100 Å². The van der Waals surface area contributed by atoms with Crippen molar-refractivity contribution in [2.24, 2.45) is 0 Å². The van der Waals surface area contributed by atoms with E-state index in [2.05, 4.69) is 4.98 Å². The van der Waals surface area contributed by atoms with Gasteiger partial charge in [-0.25, -0.2) is 13.4 Å². The summed E-state index contributed by atoms with van der Waals surface area (Å²) in [5, 5.41) is 0. The van der Waals surface area contributed by atoms with Gasteiger partial charge >= 0.3 is 0 Å². The van der Waals surface area contributed by atoms with Crippen LogP contribution < -0.4 is 9.04 Å². The zero-order valence-electron chi connectivity index (χ0n) is 16.3. The third kappa shape index (κ3) is 4.21. The number of nitrogens with zero attached hydrogens (tertiary/aromatic N) is 2. The SMILES string of the molecule is CN(c1ccc(OCc2ncc(-c3ccccc3)o2)cc1)S(=O)(=O)c1ccccc1. The molecule has 30 heavy (non-hydrogen) atoms. The molecule has 6 nitrogen and oxygen atoms in total. The van der Waals surface area contributed by atoms with E-state index in [1.165, 1.54) is 11.4 Å². The number of sulfonamides is 1. The van der Waals surface area contributed by atoms with E-state index < -0.39 is 10.0 Å². The standard InChI is InChI=1S/C23H20N2O4S/c1-25(30(26,27)21-10-6-3-7-11-21)19-12-14-20(15-13-19)28-17-23-24-16-22(29-23)18-8-4-2-5-9-18/h2-16H,17H2,1H3. The molecule has 4 rings (SSSR count). The van der Waals surface area contributed by atoms with Gasteiger partial charge in [-0.1, -0.05) is 48.5 Å². The highest BCUT2D eigenvalue weighted by Gasteiger charge is 2.20. The Kier molecular flexibility index (Phi) is 5.54. The first kappa shape index (κ1) is 19.7. The molecule has 0 radical (unpaired) electrons. The highest BCUT2D eigenvalue weighted by molar-refractivity contribution is 7.92. The van der Waals surface area contributed by atoms with Gasteiger partial charge in [-0.3, -0.25) is 4.31 Å². The number of ether oxygens (including phenoxy) is 1. The van der Waals surface area contributed by atoms with E-state index in [-0.39, 0.29) is 11.5 Å². The van der Waals surface area contributed by atoms with Crippen LogP contribution in [0.1, 0.15) is 5.89 Å². The summed E-state index contributed by atoms with van der Waals surface area (Å²) in [6.45, 7) is 0.171. The molecule has 7 heteroatoms. The van der Waals surface area contributed by atoms with Gasteiger partial charge in [0.2, 0.25) is 5.89 Å². The maximum Gasteiger partial charge on any atom is 0.264 e. The first-order valence-corrected chi connectivity index (χ1v) is 10.7. The minimum absolute atomic E-state index is 0.171. The van der Waals surface area contributed by atoms with Crippen LogP contribution in [0.4, 0.5) is 5.69 Å². The maximum absolute atomic E-state index is 12.7.